The Morgan fingerprint density at radius 2 is 1.41 bits per heavy atom. The number of hydrogen-bond acceptors (Lipinski definition) is 5. The van der Waals surface area contributed by atoms with Crippen LogP contribution in [0.2, 0.25) is 5.02 Å². The Balaban J connectivity index is 1.62. The molecular weight excluding hydrogens is 532 g/mol. The van der Waals surface area contributed by atoms with E-state index < -0.39 is 20.0 Å². The van der Waals surface area contributed by atoms with E-state index in [4.69, 9.17) is 16.3 Å². The molecule has 0 N–H and O–H groups in total. The van der Waals surface area contributed by atoms with Crippen LogP contribution in [0.5, 0.6) is 5.75 Å². The molecular formula is C27H31ClN2O5S2. The summed E-state index contributed by atoms with van der Waals surface area (Å²) in [5, 5.41) is 0.563. The van der Waals surface area contributed by atoms with E-state index in [0.29, 0.717) is 29.8 Å². The molecule has 7 nitrogen and oxygen atoms in total. The van der Waals surface area contributed by atoms with E-state index in [1.807, 2.05) is 19.1 Å². The van der Waals surface area contributed by atoms with E-state index >= 15 is 0 Å². The molecule has 3 aromatic rings. The topological polar surface area (TPSA) is 84.0 Å². The van der Waals surface area contributed by atoms with Crippen LogP contribution in [-0.2, 0) is 33.1 Å². The van der Waals surface area contributed by atoms with Crippen LogP contribution >= 0.6 is 11.6 Å². The number of halogens is 1. The number of sulfonamides is 2. The fourth-order valence-corrected chi connectivity index (χ4v) is 7.54. The maximum atomic E-state index is 13.8. The van der Waals surface area contributed by atoms with Gasteiger partial charge in [-0.1, -0.05) is 42.8 Å². The van der Waals surface area contributed by atoms with Gasteiger partial charge < -0.3 is 4.74 Å². The number of rotatable bonds is 9. The van der Waals surface area contributed by atoms with Crippen molar-refractivity contribution in [2.24, 2.45) is 5.92 Å². The maximum absolute atomic E-state index is 13.8. The summed E-state index contributed by atoms with van der Waals surface area (Å²) in [6.45, 7) is 3.23. The highest BCUT2D eigenvalue weighted by Crippen LogP contribution is 2.27. The summed E-state index contributed by atoms with van der Waals surface area (Å²) in [5.74, 6) is 0.971. The van der Waals surface area contributed by atoms with E-state index in [0.717, 1.165) is 24.0 Å². The smallest absolute Gasteiger partial charge is 0.243 e. The lowest BCUT2D eigenvalue weighted by Crippen LogP contribution is -2.39. The third-order valence-corrected chi connectivity index (χ3v) is 10.4. The molecule has 0 saturated carbocycles. The zero-order chi connectivity index (χ0) is 26.6. The number of benzene rings is 3. The maximum Gasteiger partial charge on any atom is 0.243 e. The molecule has 3 aromatic carbocycles. The minimum Gasteiger partial charge on any atom is -0.497 e. The van der Waals surface area contributed by atoms with Crippen LogP contribution in [0.25, 0.3) is 0 Å². The molecule has 0 bridgehead atoms. The van der Waals surface area contributed by atoms with Crippen molar-refractivity contribution in [3.8, 4) is 5.75 Å². The highest BCUT2D eigenvalue weighted by Gasteiger charge is 2.30. The zero-order valence-electron chi connectivity index (χ0n) is 20.9. The van der Waals surface area contributed by atoms with E-state index in [1.165, 1.54) is 32.9 Å². The molecule has 1 unspecified atom stereocenters. The molecule has 1 saturated heterocycles. The summed E-state index contributed by atoms with van der Waals surface area (Å²) in [6, 6.07) is 19.7. The number of piperidine rings is 1. The molecule has 0 radical (unpaired) electrons. The summed E-state index contributed by atoms with van der Waals surface area (Å²) in [5.41, 5.74) is 1.57. The first-order valence-electron chi connectivity index (χ1n) is 12.1. The fraction of sp³-hybridized carbons (Fsp3) is 0.333. The Morgan fingerprint density at radius 1 is 0.865 bits per heavy atom. The van der Waals surface area contributed by atoms with E-state index in [9.17, 15) is 16.8 Å². The average molecular weight is 563 g/mol. The van der Waals surface area contributed by atoms with Crippen molar-refractivity contribution in [1.29, 1.82) is 0 Å². The predicted molar refractivity (Wildman–Crippen MR) is 144 cm³/mol. The first kappa shape index (κ1) is 27.6. The highest BCUT2D eigenvalue weighted by atomic mass is 35.5. The minimum atomic E-state index is -3.96. The van der Waals surface area contributed by atoms with Crippen molar-refractivity contribution >= 4 is 31.6 Å². The van der Waals surface area contributed by atoms with Crippen molar-refractivity contribution in [2.45, 2.75) is 42.6 Å². The Kier molecular flexibility index (Phi) is 8.60. The molecule has 1 atom stereocenters. The Labute approximate surface area is 224 Å². The second kappa shape index (κ2) is 11.5. The summed E-state index contributed by atoms with van der Waals surface area (Å²) in [6.07, 6.45) is 1.82. The number of nitrogens with zero attached hydrogens (tertiary/aromatic N) is 2. The van der Waals surface area contributed by atoms with Gasteiger partial charge in [0, 0.05) is 31.2 Å². The number of hydrogen-bond donors (Lipinski definition) is 0. The molecule has 0 spiro atoms. The van der Waals surface area contributed by atoms with Gasteiger partial charge in [0.2, 0.25) is 20.0 Å². The molecule has 0 aromatic heterocycles. The van der Waals surface area contributed by atoms with Crippen molar-refractivity contribution < 1.29 is 21.6 Å². The van der Waals surface area contributed by atoms with Gasteiger partial charge in [-0.05, 0) is 78.4 Å². The molecule has 1 aliphatic rings. The van der Waals surface area contributed by atoms with Crippen LogP contribution < -0.4 is 4.74 Å². The molecule has 0 amide bonds. The van der Waals surface area contributed by atoms with E-state index in [-0.39, 0.29) is 22.9 Å². The lowest BCUT2D eigenvalue weighted by Gasteiger charge is -2.30. The van der Waals surface area contributed by atoms with Gasteiger partial charge in [-0.15, -0.1) is 0 Å². The van der Waals surface area contributed by atoms with Crippen LogP contribution in [0.4, 0.5) is 0 Å². The van der Waals surface area contributed by atoms with Gasteiger partial charge in [0.05, 0.1) is 16.9 Å². The van der Waals surface area contributed by atoms with Crippen LogP contribution in [0, 0.1) is 5.92 Å². The summed E-state index contributed by atoms with van der Waals surface area (Å²) >= 11 is 6.01. The third kappa shape index (κ3) is 6.53. The predicted octanol–water partition coefficient (Wildman–Crippen LogP) is 5.16. The van der Waals surface area contributed by atoms with Gasteiger partial charge in [0.25, 0.3) is 0 Å². The standard InChI is InChI=1S/C27H31ClN2O5S2/c1-21-4-3-17-29(18-21)36(31,32)26-13-15-27(16-14-26)37(33,34)30(19-22-5-9-24(28)10-6-22)20-23-7-11-25(35-2)12-8-23/h5-16,21H,3-4,17-20H2,1-2H3. The third-order valence-electron chi connectivity index (χ3n) is 6.51. The normalized spacial score (nSPS) is 17.1. The van der Waals surface area contributed by atoms with Crippen LogP contribution in [0.1, 0.15) is 30.9 Å². The molecule has 1 heterocycles. The van der Waals surface area contributed by atoms with Crippen molar-refractivity contribution in [1.82, 2.24) is 8.61 Å². The molecule has 4 rings (SSSR count). The summed E-state index contributed by atoms with van der Waals surface area (Å²) < 4.78 is 61.8. The van der Waals surface area contributed by atoms with Gasteiger partial charge >= 0.3 is 0 Å². The largest absolute Gasteiger partial charge is 0.497 e. The lowest BCUT2D eigenvalue weighted by atomic mass is 10.0. The number of ether oxygens (including phenoxy) is 1. The molecule has 37 heavy (non-hydrogen) atoms. The minimum absolute atomic E-state index is 0.0286. The monoisotopic (exact) mass is 562 g/mol. The molecule has 0 aliphatic carbocycles. The quantitative estimate of drug-likeness (QED) is 0.360. The average Bonchev–Trinajstić information content (AvgIpc) is 2.90. The molecule has 1 aliphatic heterocycles. The lowest BCUT2D eigenvalue weighted by molar-refractivity contribution is 0.281. The molecule has 10 heteroatoms. The van der Waals surface area contributed by atoms with Gasteiger partial charge in [-0.25, -0.2) is 16.8 Å². The SMILES string of the molecule is COc1ccc(CN(Cc2ccc(Cl)cc2)S(=O)(=O)c2ccc(S(=O)(=O)N3CCCC(C)C3)cc2)cc1. The first-order chi connectivity index (χ1) is 17.6. The first-order valence-corrected chi connectivity index (χ1v) is 15.3. The van der Waals surface area contributed by atoms with Gasteiger partial charge in [0.1, 0.15) is 5.75 Å². The Morgan fingerprint density at radius 3 is 1.95 bits per heavy atom. The second-order valence-electron chi connectivity index (χ2n) is 9.33. The van der Waals surface area contributed by atoms with Crippen molar-refractivity contribution in [3.05, 3.63) is 88.9 Å². The van der Waals surface area contributed by atoms with Crippen LogP contribution in [0.15, 0.2) is 82.6 Å². The summed E-state index contributed by atoms with van der Waals surface area (Å²) in [7, 11) is -6.07. The zero-order valence-corrected chi connectivity index (χ0v) is 23.3. The van der Waals surface area contributed by atoms with E-state index in [2.05, 4.69) is 0 Å². The van der Waals surface area contributed by atoms with Crippen LogP contribution in [0.3, 0.4) is 0 Å². The van der Waals surface area contributed by atoms with Crippen LogP contribution in [-0.4, -0.2) is 45.6 Å². The van der Waals surface area contributed by atoms with Crippen molar-refractivity contribution in [3.63, 3.8) is 0 Å². The Hall–Kier alpha value is -2.43. The number of methoxy groups -OCH3 is 1. The van der Waals surface area contributed by atoms with Crippen molar-refractivity contribution in [2.75, 3.05) is 20.2 Å². The second-order valence-corrected chi connectivity index (χ2v) is 13.6. The van der Waals surface area contributed by atoms with Gasteiger partial charge in [0.15, 0.2) is 0 Å². The molecule has 1 fully saturated rings. The fourth-order valence-electron chi connectivity index (χ4n) is 4.40. The van der Waals surface area contributed by atoms with Gasteiger partial charge in [-0.3, -0.25) is 0 Å². The molecule has 198 valence electrons. The Bertz CT molecular complexity index is 1410. The highest BCUT2D eigenvalue weighted by molar-refractivity contribution is 7.89. The van der Waals surface area contributed by atoms with E-state index in [1.54, 1.807) is 43.5 Å². The van der Waals surface area contributed by atoms with Gasteiger partial charge in [-0.2, -0.15) is 8.61 Å². The summed E-state index contributed by atoms with van der Waals surface area (Å²) in [4.78, 5) is 0.126.